The first-order chi connectivity index (χ1) is 7.84. The highest BCUT2D eigenvalue weighted by Crippen LogP contribution is 2.41. The van der Waals surface area contributed by atoms with E-state index in [4.69, 9.17) is 4.74 Å². The van der Waals surface area contributed by atoms with Gasteiger partial charge in [0.25, 0.3) is 0 Å². The zero-order chi connectivity index (χ0) is 12.7. The molecule has 2 nitrogen and oxygen atoms in total. The fourth-order valence-corrected chi connectivity index (χ4v) is 2.80. The molecule has 1 aliphatic rings. The lowest BCUT2D eigenvalue weighted by atomic mass is 9.79. The topological polar surface area (TPSA) is 29.5 Å². The lowest BCUT2D eigenvalue weighted by Crippen LogP contribution is -2.44. The summed E-state index contributed by atoms with van der Waals surface area (Å²) in [7, 11) is 0. The van der Waals surface area contributed by atoms with Crippen LogP contribution in [0, 0.1) is 5.82 Å². The maximum absolute atomic E-state index is 14.0. The van der Waals surface area contributed by atoms with E-state index in [1.165, 1.54) is 0 Å². The van der Waals surface area contributed by atoms with Crippen LogP contribution >= 0.6 is 15.9 Å². The third-order valence-electron chi connectivity index (χ3n) is 3.18. The van der Waals surface area contributed by atoms with Crippen LogP contribution < -0.4 is 0 Å². The van der Waals surface area contributed by atoms with Crippen molar-refractivity contribution < 1.29 is 14.2 Å². The van der Waals surface area contributed by atoms with E-state index in [9.17, 15) is 9.50 Å². The lowest BCUT2D eigenvalue weighted by molar-refractivity contribution is -0.149. The molecule has 1 fully saturated rings. The summed E-state index contributed by atoms with van der Waals surface area (Å²) in [5.41, 5.74) is -1.22. The molecule has 1 N–H and O–H groups in total. The molecular formula is C13H16BrFO2. The quantitative estimate of drug-likeness (QED) is 0.862. The molecule has 94 valence electrons. The second kappa shape index (κ2) is 4.34. The molecule has 0 spiro atoms. The van der Waals surface area contributed by atoms with Gasteiger partial charge in [0.2, 0.25) is 0 Å². The van der Waals surface area contributed by atoms with Crippen LogP contribution in [-0.2, 0) is 10.3 Å². The fourth-order valence-electron chi connectivity index (χ4n) is 2.43. The van der Waals surface area contributed by atoms with Crippen molar-refractivity contribution in [3.8, 4) is 0 Å². The highest BCUT2D eigenvalue weighted by molar-refractivity contribution is 9.10. The molecule has 1 heterocycles. The molecule has 0 amide bonds. The van der Waals surface area contributed by atoms with Crippen molar-refractivity contribution in [2.75, 3.05) is 6.61 Å². The molecule has 0 aliphatic carbocycles. The van der Waals surface area contributed by atoms with Crippen LogP contribution in [0.4, 0.5) is 4.39 Å². The van der Waals surface area contributed by atoms with Gasteiger partial charge in [0.05, 0.1) is 22.3 Å². The van der Waals surface area contributed by atoms with Crippen LogP contribution in [0.2, 0.25) is 0 Å². The Morgan fingerprint density at radius 2 is 2.12 bits per heavy atom. The number of hydrogen-bond acceptors (Lipinski definition) is 2. The highest BCUT2D eigenvalue weighted by Gasteiger charge is 2.42. The standard InChI is InChI=1S/C13H16BrFO2/c1-12(2)8-13(16,6-7-17-12)9-4-3-5-10(14)11(9)15/h3-5,16H,6-8H2,1-2H3. The Morgan fingerprint density at radius 1 is 1.41 bits per heavy atom. The third-order valence-corrected chi connectivity index (χ3v) is 3.79. The Hall–Kier alpha value is -0.450. The first-order valence-corrected chi connectivity index (χ1v) is 6.44. The van der Waals surface area contributed by atoms with Gasteiger partial charge in [-0.05, 0) is 35.8 Å². The molecule has 4 heteroatoms. The third kappa shape index (κ3) is 2.54. The van der Waals surface area contributed by atoms with Gasteiger partial charge >= 0.3 is 0 Å². The molecule has 1 atom stereocenters. The second-order valence-corrected chi connectivity index (χ2v) is 6.02. The summed E-state index contributed by atoms with van der Waals surface area (Å²) in [6, 6.07) is 5.01. The Kier molecular flexibility index (Phi) is 3.31. The van der Waals surface area contributed by atoms with Gasteiger partial charge in [-0.15, -0.1) is 0 Å². The molecule has 17 heavy (non-hydrogen) atoms. The van der Waals surface area contributed by atoms with Gasteiger partial charge in [0.15, 0.2) is 0 Å². The monoisotopic (exact) mass is 302 g/mol. The van der Waals surface area contributed by atoms with E-state index in [0.717, 1.165) is 0 Å². The van der Waals surface area contributed by atoms with Crippen LogP contribution in [0.1, 0.15) is 32.3 Å². The predicted octanol–water partition coefficient (Wildman–Crippen LogP) is 3.36. The minimum Gasteiger partial charge on any atom is -0.385 e. The maximum Gasteiger partial charge on any atom is 0.143 e. The molecule has 1 aromatic rings. The van der Waals surface area contributed by atoms with Crippen molar-refractivity contribution in [1.82, 2.24) is 0 Å². The van der Waals surface area contributed by atoms with Gasteiger partial charge in [-0.2, -0.15) is 0 Å². The van der Waals surface area contributed by atoms with Crippen LogP contribution in [0.15, 0.2) is 22.7 Å². The lowest BCUT2D eigenvalue weighted by Gasteiger charge is -2.41. The highest BCUT2D eigenvalue weighted by atomic mass is 79.9. The summed E-state index contributed by atoms with van der Waals surface area (Å²) < 4.78 is 20.0. The summed E-state index contributed by atoms with van der Waals surface area (Å²) in [5, 5.41) is 10.6. The first-order valence-electron chi connectivity index (χ1n) is 5.65. The number of hydrogen-bond donors (Lipinski definition) is 1. The Bertz CT molecular complexity index is 433. The molecule has 0 aromatic heterocycles. The molecule has 1 aliphatic heterocycles. The number of ether oxygens (including phenoxy) is 1. The average molecular weight is 303 g/mol. The van der Waals surface area contributed by atoms with Crippen LogP contribution in [-0.4, -0.2) is 17.3 Å². The maximum atomic E-state index is 14.0. The second-order valence-electron chi connectivity index (χ2n) is 5.17. The molecule has 0 saturated carbocycles. The van der Waals surface area contributed by atoms with Gasteiger partial charge in [-0.3, -0.25) is 0 Å². The van der Waals surface area contributed by atoms with Crippen molar-refractivity contribution in [2.24, 2.45) is 0 Å². The van der Waals surface area contributed by atoms with Gasteiger partial charge in [-0.25, -0.2) is 4.39 Å². The van der Waals surface area contributed by atoms with Crippen molar-refractivity contribution in [2.45, 2.75) is 37.9 Å². The largest absolute Gasteiger partial charge is 0.385 e. The van der Waals surface area contributed by atoms with E-state index in [1.807, 2.05) is 13.8 Å². The molecular weight excluding hydrogens is 287 g/mol. The van der Waals surface area contributed by atoms with Gasteiger partial charge < -0.3 is 9.84 Å². The number of rotatable bonds is 1. The SMILES string of the molecule is CC1(C)CC(O)(c2cccc(Br)c2F)CCO1. The summed E-state index contributed by atoms with van der Waals surface area (Å²) in [4.78, 5) is 0. The summed E-state index contributed by atoms with van der Waals surface area (Å²) in [5.74, 6) is -0.382. The fraction of sp³-hybridized carbons (Fsp3) is 0.538. The van der Waals surface area contributed by atoms with Crippen LogP contribution in [0.25, 0.3) is 0 Å². The van der Waals surface area contributed by atoms with Crippen molar-refractivity contribution in [1.29, 1.82) is 0 Å². The van der Waals surface area contributed by atoms with Crippen molar-refractivity contribution >= 4 is 15.9 Å². The summed E-state index contributed by atoms with van der Waals surface area (Å²) in [6.07, 6.45) is 0.817. The Morgan fingerprint density at radius 3 is 2.76 bits per heavy atom. The van der Waals surface area contributed by atoms with Crippen LogP contribution in [0.3, 0.4) is 0 Å². The first kappa shape index (κ1) is 13.0. The minimum absolute atomic E-state index is 0.350. The van der Waals surface area contributed by atoms with Crippen molar-refractivity contribution in [3.05, 3.63) is 34.1 Å². The van der Waals surface area contributed by atoms with E-state index >= 15 is 0 Å². The molecule has 1 unspecified atom stereocenters. The van der Waals surface area contributed by atoms with Gasteiger partial charge in [0, 0.05) is 18.4 Å². The summed E-state index contributed by atoms with van der Waals surface area (Å²) >= 11 is 3.15. The van der Waals surface area contributed by atoms with E-state index < -0.39 is 11.2 Å². The van der Waals surface area contributed by atoms with E-state index in [2.05, 4.69) is 15.9 Å². The molecule has 1 aromatic carbocycles. The zero-order valence-electron chi connectivity index (χ0n) is 9.96. The molecule has 0 radical (unpaired) electrons. The van der Waals surface area contributed by atoms with E-state index in [1.54, 1.807) is 18.2 Å². The Labute approximate surface area is 109 Å². The molecule has 2 rings (SSSR count). The van der Waals surface area contributed by atoms with Crippen molar-refractivity contribution in [3.63, 3.8) is 0 Å². The van der Waals surface area contributed by atoms with E-state index in [-0.39, 0.29) is 5.82 Å². The molecule has 1 saturated heterocycles. The van der Waals surface area contributed by atoms with Gasteiger partial charge in [0.1, 0.15) is 5.82 Å². The van der Waals surface area contributed by atoms with Gasteiger partial charge in [-0.1, -0.05) is 12.1 Å². The number of halogens is 2. The normalized spacial score (nSPS) is 28.1. The Balaban J connectivity index is 2.41. The van der Waals surface area contributed by atoms with E-state index in [0.29, 0.717) is 29.5 Å². The number of aliphatic hydroxyl groups is 1. The average Bonchev–Trinajstić information content (AvgIpc) is 2.20. The number of benzene rings is 1. The van der Waals surface area contributed by atoms with Crippen LogP contribution in [0.5, 0.6) is 0 Å². The smallest absolute Gasteiger partial charge is 0.143 e. The zero-order valence-corrected chi connectivity index (χ0v) is 11.6. The summed E-state index contributed by atoms with van der Waals surface area (Å²) in [6.45, 7) is 4.26. The molecule has 0 bridgehead atoms. The predicted molar refractivity (Wildman–Crippen MR) is 67.3 cm³/mol. The minimum atomic E-state index is -1.14.